The topological polar surface area (TPSA) is 107 Å². The molecule has 0 aliphatic rings. The van der Waals surface area contributed by atoms with Gasteiger partial charge in [-0.1, -0.05) is 0 Å². The maximum absolute atomic E-state index is 12.2. The molecular formula is C12H9N5OS. The van der Waals surface area contributed by atoms with E-state index in [0.717, 1.165) is 4.90 Å². The first-order chi connectivity index (χ1) is 9.19. The van der Waals surface area contributed by atoms with Crippen LogP contribution in [0, 0.1) is 22.7 Å². The number of nitrogens with two attached hydrogens (primary N) is 1. The van der Waals surface area contributed by atoms with Crippen molar-refractivity contribution in [3.63, 3.8) is 0 Å². The minimum Gasteiger partial charge on any atom is -0.397 e. The number of rotatable bonds is 3. The van der Waals surface area contributed by atoms with Crippen LogP contribution in [0.25, 0.3) is 10.2 Å². The molecule has 2 heterocycles. The molecule has 0 aliphatic carbocycles. The van der Waals surface area contributed by atoms with Crippen molar-refractivity contribution < 1.29 is 4.79 Å². The van der Waals surface area contributed by atoms with Gasteiger partial charge in [0.25, 0.3) is 5.91 Å². The maximum Gasteiger partial charge on any atom is 0.267 e. The predicted octanol–water partition coefficient (Wildman–Crippen LogP) is 1.37. The number of amides is 1. The number of aromatic nitrogens is 1. The molecule has 1 amide bonds. The Labute approximate surface area is 113 Å². The van der Waals surface area contributed by atoms with Crippen LogP contribution in [0.3, 0.4) is 0 Å². The largest absolute Gasteiger partial charge is 0.397 e. The highest BCUT2D eigenvalue weighted by molar-refractivity contribution is 7.21. The van der Waals surface area contributed by atoms with E-state index in [4.69, 9.17) is 16.3 Å². The molecule has 0 radical (unpaired) electrons. The summed E-state index contributed by atoms with van der Waals surface area (Å²) in [6, 6.07) is 7.24. The molecule has 0 spiro atoms. The average Bonchev–Trinajstić information content (AvgIpc) is 2.76. The zero-order chi connectivity index (χ0) is 13.8. The van der Waals surface area contributed by atoms with Gasteiger partial charge in [0.05, 0.1) is 17.8 Å². The highest BCUT2D eigenvalue weighted by Gasteiger charge is 2.22. The Kier molecular flexibility index (Phi) is 3.60. The number of fused-ring (bicyclic) bond motifs is 1. The van der Waals surface area contributed by atoms with Crippen molar-refractivity contribution in [2.75, 3.05) is 18.8 Å². The Bertz CT molecular complexity index is 693. The van der Waals surface area contributed by atoms with Gasteiger partial charge in [-0.25, -0.2) is 4.98 Å². The molecule has 19 heavy (non-hydrogen) atoms. The number of thiophene rings is 1. The summed E-state index contributed by atoms with van der Waals surface area (Å²) in [6.45, 7) is -0.291. The zero-order valence-electron chi connectivity index (χ0n) is 9.83. The van der Waals surface area contributed by atoms with Gasteiger partial charge in [-0.15, -0.1) is 11.3 Å². The van der Waals surface area contributed by atoms with Gasteiger partial charge in [-0.05, 0) is 12.1 Å². The van der Waals surface area contributed by atoms with Gasteiger partial charge in [-0.3, -0.25) is 4.79 Å². The van der Waals surface area contributed by atoms with Crippen LogP contribution in [0.2, 0.25) is 0 Å². The van der Waals surface area contributed by atoms with E-state index in [1.165, 1.54) is 11.3 Å². The van der Waals surface area contributed by atoms with E-state index in [1.807, 2.05) is 12.1 Å². The van der Waals surface area contributed by atoms with Crippen molar-refractivity contribution in [3.8, 4) is 12.1 Å². The Hall–Kier alpha value is -2.64. The van der Waals surface area contributed by atoms with Crippen LogP contribution in [0.15, 0.2) is 18.3 Å². The van der Waals surface area contributed by atoms with Crippen molar-refractivity contribution in [1.82, 2.24) is 9.88 Å². The van der Waals surface area contributed by atoms with Crippen LogP contribution in [0.5, 0.6) is 0 Å². The first-order valence-corrected chi connectivity index (χ1v) is 6.17. The molecule has 2 aromatic rings. The van der Waals surface area contributed by atoms with Crippen LogP contribution in [-0.4, -0.2) is 28.9 Å². The van der Waals surface area contributed by atoms with Crippen molar-refractivity contribution in [2.24, 2.45) is 0 Å². The zero-order valence-corrected chi connectivity index (χ0v) is 10.6. The second-order valence-corrected chi connectivity index (χ2v) is 4.68. The third kappa shape index (κ3) is 2.32. The first-order valence-electron chi connectivity index (χ1n) is 5.35. The molecule has 0 saturated heterocycles. The molecule has 0 saturated carbocycles. The molecule has 0 aliphatic heterocycles. The number of nitrogens with zero attached hydrogens (tertiary/aromatic N) is 4. The van der Waals surface area contributed by atoms with Crippen LogP contribution in [0.4, 0.5) is 5.69 Å². The number of nitriles is 2. The van der Waals surface area contributed by atoms with Crippen LogP contribution < -0.4 is 5.73 Å². The number of carbonyl (C=O) groups excluding carboxylic acids is 1. The average molecular weight is 271 g/mol. The lowest BCUT2D eigenvalue weighted by Crippen LogP contribution is -2.31. The molecule has 6 nitrogen and oxygen atoms in total. The minimum atomic E-state index is -0.413. The fraction of sp³-hybridized carbons (Fsp3) is 0.167. The van der Waals surface area contributed by atoms with Crippen molar-refractivity contribution in [3.05, 3.63) is 23.2 Å². The van der Waals surface area contributed by atoms with E-state index in [-0.39, 0.29) is 13.1 Å². The van der Waals surface area contributed by atoms with Crippen molar-refractivity contribution in [1.29, 1.82) is 10.5 Å². The fourth-order valence-corrected chi connectivity index (χ4v) is 2.65. The smallest absolute Gasteiger partial charge is 0.267 e. The summed E-state index contributed by atoms with van der Waals surface area (Å²) in [5.41, 5.74) is 6.27. The molecule has 2 aromatic heterocycles. The highest BCUT2D eigenvalue weighted by Crippen LogP contribution is 2.32. The van der Waals surface area contributed by atoms with Gasteiger partial charge in [0.2, 0.25) is 0 Å². The summed E-state index contributed by atoms with van der Waals surface area (Å²) in [5.74, 6) is -0.413. The van der Waals surface area contributed by atoms with Crippen LogP contribution in [0.1, 0.15) is 9.67 Å². The Morgan fingerprint density at radius 1 is 1.42 bits per heavy atom. The van der Waals surface area contributed by atoms with Gasteiger partial charge in [0.15, 0.2) is 0 Å². The first kappa shape index (κ1) is 12.8. The molecule has 94 valence electrons. The van der Waals surface area contributed by atoms with Gasteiger partial charge in [0, 0.05) is 11.6 Å². The molecular weight excluding hydrogens is 262 g/mol. The number of anilines is 1. The molecule has 0 atom stereocenters. The fourth-order valence-electron chi connectivity index (χ4n) is 1.62. The van der Waals surface area contributed by atoms with Crippen LogP contribution in [-0.2, 0) is 0 Å². The molecule has 0 aromatic carbocycles. The van der Waals surface area contributed by atoms with E-state index < -0.39 is 5.91 Å². The SMILES string of the molecule is N#CCN(CC#N)C(=O)c1sc2ncccc2c1N. The normalized spacial score (nSPS) is 9.79. The third-order valence-electron chi connectivity index (χ3n) is 2.51. The van der Waals surface area contributed by atoms with Crippen molar-refractivity contribution in [2.45, 2.75) is 0 Å². The van der Waals surface area contributed by atoms with Crippen molar-refractivity contribution >= 4 is 33.1 Å². The van der Waals surface area contributed by atoms with E-state index >= 15 is 0 Å². The summed E-state index contributed by atoms with van der Waals surface area (Å²) in [5, 5.41) is 18.1. The Morgan fingerprint density at radius 3 is 2.68 bits per heavy atom. The van der Waals surface area contributed by atoms with E-state index in [1.54, 1.807) is 18.3 Å². The molecule has 7 heteroatoms. The summed E-state index contributed by atoms with van der Waals surface area (Å²) in [6.07, 6.45) is 1.62. The van der Waals surface area contributed by atoms with Gasteiger partial charge in [0.1, 0.15) is 22.8 Å². The monoisotopic (exact) mass is 271 g/mol. The second kappa shape index (κ2) is 5.34. The molecule has 0 fully saturated rings. The lowest BCUT2D eigenvalue weighted by atomic mass is 10.2. The lowest BCUT2D eigenvalue weighted by molar-refractivity contribution is 0.0800. The predicted molar refractivity (Wildman–Crippen MR) is 71.2 cm³/mol. The summed E-state index contributed by atoms with van der Waals surface area (Å²) in [7, 11) is 0. The second-order valence-electron chi connectivity index (χ2n) is 3.68. The number of pyridine rings is 1. The standard InChI is InChI=1S/C12H9N5OS/c13-3-6-17(7-4-14)12(18)10-9(15)8-2-1-5-16-11(8)19-10/h1-2,5H,6-7,15H2. The number of carbonyl (C=O) groups is 1. The van der Waals surface area contributed by atoms with Crippen LogP contribution >= 0.6 is 11.3 Å². The van der Waals surface area contributed by atoms with E-state index in [0.29, 0.717) is 20.8 Å². The minimum absolute atomic E-state index is 0.145. The summed E-state index contributed by atoms with van der Waals surface area (Å²) < 4.78 is 0. The Balaban J connectivity index is 2.44. The van der Waals surface area contributed by atoms with Gasteiger partial charge < -0.3 is 10.6 Å². The summed E-state index contributed by atoms with van der Waals surface area (Å²) in [4.78, 5) is 18.5. The quantitative estimate of drug-likeness (QED) is 0.848. The van der Waals surface area contributed by atoms with Gasteiger partial charge >= 0.3 is 0 Å². The lowest BCUT2D eigenvalue weighted by Gasteiger charge is -2.14. The summed E-state index contributed by atoms with van der Waals surface area (Å²) >= 11 is 1.17. The molecule has 2 rings (SSSR count). The van der Waals surface area contributed by atoms with Gasteiger partial charge in [-0.2, -0.15) is 10.5 Å². The molecule has 2 N–H and O–H groups in total. The number of hydrogen-bond donors (Lipinski definition) is 1. The molecule has 0 bridgehead atoms. The Morgan fingerprint density at radius 2 is 2.11 bits per heavy atom. The van der Waals surface area contributed by atoms with E-state index in [9.17, 15) is 4.79 Å². The highest BCUT2D eigenvalue weighted by atomic mass is 32.1. The maximum atomic E-state index is 12.2. The number of nitrogen functional groups attached to an aromatic ring is 1. The third-order valence-corrected chi connectivity index (χ3v) is 3.63. The molecule has 0 unspecified atom stereocenters. The number of hydrogen-bond acceptors (Lipinski definition) is 6. The van der Waals surface area contributed by atoms with E-state index in [2.05, 4.69) is 4.98 Å².